The van der Waals surface area contributed by atoms with Crippen LogP contribution in [0.1, 0.15) is 30.9 Å². The molecule has 0 radical (unpaired) electrons. The van der Waals surface area contributed by atoms with Crippen molar-refractivity contribution in [2.45, 2.75) is 26.7 Å². The van der Waals surface area contributed by atoms with Gasteiger partial charge < -0.3 is 4.42 Å². The summed E-state index contributed by atoms with van der Waals surface area (Å²) in [6.45, 7) is 6.07. The second-order valence-electron chi connectivity index (χ2n) is 5.75. The summed E-state index contributed by atoms with van der Waals surface area (Å²) in [4.78, 5) is 12.5. The SMILES string of the molecule is Cc1ccc(-c2ccc3occ(C(C)C)c(=O)c3c2)cc1. The second-order valence-corrected chi connectivity index (χ2v) is 5.75. The van der Waals surface area contributed by atoms with Gasteiger partial charge in [-0.2, -0.15) is 0 Å². The van der Waals surface area contributed by atoms with E-state index in [4.69, 9.17) is 4.42 Å². The van der Waals surface area contributed by atoms with Crippen LogP contribution in [0.3, 0.4) is 0 Å². The van der Waals surface area contributed by atoms with Crippen LogP contribution in [-0.4, -0.2) is 0 Å². The fourth-order valence-electron chi connectivity index (χ4n) is 2.47. The van der Waals surface area contributed by atoms with E-state index in [1.54, 1.807) is 6.26 Å². The fraction of sp³-hybridized carbons (Fsp3) is 0.211. The van der Waals surface area contributed by atoms with Crippen molar-refractivity contribution >= 4 is 11.0 Å². The highest BCUT2D eigenvalue weighted by Crippen LogP contribution is 2.24. The summed E-state index contributed by atoms with van der Waals surface area (Å²) in [5.74, 6) is 0.161. The molecule has 2 nitrogen and oxygen atoms in total. The van der Waals surface area contributed by atoms with Gasteiger partial charge in [-0.25, -0.2) is 0 Å². The lowest BCUT2D eigenvalue weighted by molar-refractivity contribution is 0.586. The van der Waals surface area contributed by atoms with Gasteiger partial charge in [-0.05, 0) is 36.1 Å². The topological polar surface area (TPSA) is 30.2 Å². The van der Waals surface area contributed by atoms with Gasteiger partial charge in [0.1, 0.15) is 5.58 Å². The van der Waals surface area contributed by atoms with Crippen molar-refractivity contribution in [3.63, 3.8) is 0 Å². The summed E-state index contributed by atoms with van der Waals surface area (Å²) in [5.41, 5.74) is 4.80. The minimum absolute atomic E-state index is 0.0696. The molecule has 0 bridgehead atoms. The molecule has 3 rings (SSSR count). The third-order valence-corrected chi connectivity index (χ3v) is 3.81. The molecule has 1 aromatic heterocycles. The zero-order valence-electron chi connectivity index (χ0n) is 12.5. The summed E-state index contributed by atoms with van der Waals surface area (Å²) >= 11 is 0. The Morgan fingerprint density at radius 1 is 0.952 bits per heavy atom. The van der Waals surface area contributed by atoms with Gasteiger partial charge in [0, 0.05) is 5.56 Å². The summed E-state index contributed by atoms with van der Waals surface area (Å²) < 4.78 is 5.59. The summed E-state index contributed by atoms with van der Waals surface area (Å²) in [6.07, 6.45) is 1.58. The van der Waals surface area contributed by atoms with Gasteiger partial charge in [-0.1, -0.05) is 49.7 Å². The molecule has 0 atom stereocenters. The van der Waals surface area contributed by atoms with E-state index in [1.165, 1.54) is 5.56 Å². The van der Waals surface area contributed by atoms with Crippen molar-refractivity contribution in [3.8, 4) is 11.1 Å². The van der Waals surface area contributed by atoms with Gasteiger partial charge in [-0.3, -0.25) is 4.79 Å². The van der Waals surface area contributed by atoms with Crippen molar-refractivity contribution < 1.29 is 4.42 Å². The number of aryl methyl sites for hydroxylation is 1. The van der Waals surface area contributed by atoms with Gasteiger partial charge >= 0.3 is 0 Å². The molecular weight excluding hydrogens is 260 g/mol. The first-order valence-corrected chi connectivity index (χ1v) is 7.19. The average molecular weight is 278 g/mol. The van der Waals surface area contributed by atoms with Gasteiger partial charge in [0.15, 0.2) is 5.43 Å². The lowest BCUT2D eigenvalue weighted by atomic mass is 9.99. The Morgan fingerprint density at radius 3 is 2.29 bits per heavy atom. The molecular formula is C19H18O2. The van der Waals surface area contributed by atoms with Crippen LogP contribution in [0.25, 0.3) is 22.1 Å². The zero-order chi connectivity index (χ0) is 15.0. The quantitative estimate of drug-likeness (QED) is 0.668. The third kappa shape index (κ3) is 2.49. The molecule has 0 saturated heterocycles. The second kappa shape index (κ2) is 5.21. The van der Waals surface area contributed by atoms with E-state index in [9.17, 15) is 4.79 Å². The first kappa shape index (κ1) is 13.6. The van der Waals surface area contributed by atoms with Crippen LogP contribution in [0.2, 0.25) is 0 Å². The van der Waals surface area contributed by atoms with Crippen LogP contribution in [0.5, 0.6) is 0 Å². The van der Waals surface area contributed by atoms with E-state index in [-0.39, 0.29) is 11.3 Å². The fourth-order valence-corrected chi connectivity index (χ4v) is 2.47. The van der Waals surface area contributed by atoms with E-state index in [0.717, 1.165) is 16.7 Å². The zero-order valence-corrected chi connectivity index (χ0v) is 12.5. The molecule has 106 valence electrons. The van der Waals surface area contributed by atoms with Crippen LogP contribution in [-0.2, 0) is 0 Å². The standard InChI is InChI=1S/C19H18O2/c1-12(2)17-11-21-18-9-8-15(10-16(18)19(17)20)14-6-4-13(3)5-7-14/h4-12H,1-3H3. The number of fused-ring (bicyclic) bond motifs is 1. The van der Waals surface area contributed by atoms with Crippen LogP contribution in [0.4, 0.5) is 0 Å². The van der Waals surface area contributed by atoms with Crippen molar-refractivity contribution in [1.29, 1.82) is 0 Å². The maximum Gasteiger partial charge on any atom is 0.196 e. The Morgan fingerprint density at radius 2 is 1.62 bits per heavy atom. The molecule has 2 aromatic carbocycles. The lowest BCUT2D eigenvalue weighted by Gasteiger charge is -2.07. The number of hydrogen-bond acceptors (Lipinski definition) is 2. The normalized spacial score (nSPS) is 11.2. The molecule has 0 saturated carbocycles. The van der Waals surface area contributed by atoms with E-state index in [1.807, 2.05) is 32.0 Å². The van der Waals surface area contributed by atoms with Gasteiger partial charge in [0.05, 0.1) is 11.6 Å². The Kier molecular flexibility index (Phi) is 3.38. The van der Waals surface area contributed by atoms with Gasteiger partial charge in [-0.15, -0.1) is 0 Å². The average Bonchev–Trinajstić information content (AvgIpc) is 2.48. The van der Waals surface area contributed by atoms with Crippen molar-refractivity contribution in [2.75, 3.05) is 0 Å². The predicted octanol–water partition coefficient (Wildman–Crippen LogP) is 4.89. The molecule has 3 aromatic rings. The summed E-state index contributed by atoms with van der Waals surface area (Å²) in [5, 5.41) is 0.652. The van der Waals surface area contributed by atoms with Crippen LogP contribution in [0.15, 0.2) is 57.9 Å². The van der Waals surface area contributed by atoms with E-state index in [2.05, 4.69) is 31.2 Å². The number of rotatable bonds is 2. The monoisotopic (exact) mass is 278 g/mol. The minimum Gasteiger partial charge on any atom is -0.464 e. The Labute approximate surface area is 124 Å². The Hall–Kier alpha value is -2.35. The van der Waals surface area contributed by atoms with E-state index >= 15 is 0 Å². The maximum absolute atomic E-state index is 12.5. The maximum atomic E-state index is 12.5. The Bertz CT molecular complexity index is 840. The molecule has 1 heterocycles. The van der Waals surface area contributed by atoms with E-state index < -0.39 is 0 Å². The summed E-state index contributed by atoms with van der Waals surface area (Å²) in [6, 6.07) is 14.1. The molecule has 0 aliphatic rings. The molecule has 0 spiro atoms. The van der Waals surface area contributed by atoms with Gasteiger partial charge in [0.25, 0.3) is 0 Å². The van der Waals surface area contributed by atoms with Crippen LogP contribution < -0.4 is 5.43 Å². The highest BCUT2D eigenvalue weighted by Gasteiger charge is 2.11. The van der Waals surface area contributed by atoms with Crippen molar-refractivity contribution in [3.05, 3.63) is 70.1 Å². The highest BCUT2D eigenvalue weighted by atomic mass is 16.3. The molecule has 21 heavy (non-hydrogen) atoms. The molecule has 0 fully saturated rings. The van der Waals surface area contributed by atoms with Crippen molar-refractivity contribution in [2.24, 2.45) is 0 Å². The van der Waals surface area contributed by atoms with E-state index in [0.29, 0.717) is 11.0 Å². The minimum atomic E-state index is 0.0696. The third-order valence-electron chi connectivity index (χ3n) is 3.81. The molecule has 0 aliphatic carbocycles. The molecule has 0 unspecified atom stereocenters. The Balaban J connectivity index is 2.21. The first-order chi connectivity index (χ1) is 10.1. The van der Waals surface area contributed by atoms with Crippen molar-refractivity contribution in [1.82, 2.24) is 0 Å². The molecule has 0 amide bonds. The molecule has 0 N–H and O–H groups in total. The highest BCUT2D eigenvalue weighted by molar-refractivity contribution is 5.83. The predicted molar refractivity (Wildman–Crippen MR) is 86.7 cm³/mol. The van der Waals surface area contributed by atoms with Crippen LogP contribution >= 0.6 is 0 Å². The lowest BCUT2D eigenvalue weighted by Crippen LogP contribution is -2.10. The molecule has 2 heteroatoms. The summed E-state index contributed by atoms with van der Waals surface area (Å²) in [7, 11) is 0. The largest absolute Gasteiger partial charge is 0.464 e. The number of hydrogen-bond donors (Lipinski definition) is 0. The van der Waals surface area contributed by atoms with Crippen LogP contribution in [0, 0.1) is 6.92 Å². The smallest absolute Gasteiger partial charge is 0.196 e. The first-order valence-electron chi connectivity index (χ1n) is 7.19. The van der Waals surface area contributed by atoms with Gasteiger partial charge in [0.2, 0.25) is 0 Å². The molecule has 0 aliphatic heterocycles. The number of benzene rings is 2.